The molecule has 1 aliphatic heterocycles. The SMILES string of the molecule is CC(C)[C@H]1CCN(C(=O)[C@@H](NC(=O)NC23CC4CC5CC(C2)C5(C4)C3)C2CCCCC2)[C@@H]1C(=O)NC(CC1CCC1)C(=O)C(N)=O. The first-order chi connectivity index (χ1) is 22.0. The summed E-state index contributed by atoms with van der Waals surface area (Å²) >= 11 is 0. The summed E-state index contributed by atoms with van der Waals surface area (Å²) in [5, 5.41) is 9.52. The fraction of sp³-hybridized carbons (Fsp3) is 0.861. The Hall–Kier alpha value is -2.65. The van der Waals surface area contributed by atoms with Gasteiger partial charge in [0.05, 0.1) is 6.04 Å². The molecule has 254 valence electrons. The van der Waals surface area contributed by atoms with Gasteiger partial charge in [-0.25, -0.2) is 4.79 Å². The monoisotopic (exact) mass is 637 g/mol. The molecular formula is C36H55N5O5. The molecule has 1 heterocycles. The maximum absolute atomic E-state index is 14.6. The van der Waals surface area contributed by atoms with Crippen LogP contribution in [0, 0.1) is 46.8 Å². The second-order valence-electron chi connectivity index (χ2n) is 17.0. The molecule has 0 aromatic carbocycles. The van der Waals surface area contributed by atoms with Crippen molar-refractivity contribution in [3.63, 3.8) is 0 Å². The van der Waals surface area contributed by atoms with Crippen molar-refractivity contribution >= 4 is 29.5 Å². The largest absolute Gasteiger partial charge is 0.363 e. The predicted octanol–water partition coefficient (Wildman–Crippen LogP) is 3.81. The molecule has 3 bridgehead atoms. The Bertz CT molecular complexity index is 1260. The summed E-state index contributed by atoms with van der Waals surface area (Å²) in [5.74, 6) is 0.147. The van der Waals surface area contributed by atoms with Crippen molar-refractivity contribution in [3.05, 3.63) is 0 Å². The summed E-state index contributed by atoms with van der Waals surface area (Å²) in [6.07, 6.45) is 16.1. The highest BCUT2D eigenvalue weighted by molar-refractivity contribution is 6.37. The molecule has 10 heteroatoms. The van der Waals surface area contributed by atoms with E-state index >= 15 is 0 Å². The van der Waals surface area contributed by atoms with Gasteiger partial charge < -0.3 is 26.6 Å². The molecule has 7 fully saturated rings. The quantitative estimate of drug-likeness (QED) is 0.254. The molecule has 0 radical (unpaired) electrons. The zero-order valence-electron chi connectivity index (χ0n) is 27.9. The van der Waals surface area contributed by atoms with Crippen molar-refractivity contribution in [2.45, 2.75) is 140 Å². The number of hydrogen-bond acceptors (Lipinski definition) is 5. The van der Waals surface area contributed by atoms with Crippen LogP contribution in [0.5, 0.6) is 0 Å². The molecule has 6 unspecified atom stereocenters. The molecule has 10 nitrogen and oxygen atoms in total. The molecule has 1 spiro atoms. The van der Waals surface area contributed by atoms with Crippen LogP contribution in [0.15, 0.2) is 0 Å². The number of primary amides is 1. The van der Waals surface area contributed by atoms with Crippen LogP contribution < -0.4 is 21.7 Å². The Morgan fingerprint density at radius 3 is 2.30 bits per heavy atom. The number of Topliss-reactive ketones (excluding diaryl/α,β-unsaturated/α-hetero) is 1. The Balaban J connectivity index is 1.09. The van der Waals surface area contributed by atoms with E-state index in [9.17, 15) is 24.0 Å². The average Bonchev–Trinajstić information content (AvgIpc) is 3.58. The summed E-state index contributed by atoms with van der Waals surface area (Å²) in [4.78, 5) is 68.9. The molecule has 7 rings (SSSR count). The third-order valence-corrected chi connectivity index (χ3v) is 14.0. The van der Waals surface area contributed by atoms with E-state index in [1.807, 2.05) is 0 Å². The Morgan fingerprint density at radius 1 is 0.870 bits per heavy atom. The van der Waals surface area contributed by atoms with E-state index in [0.717, 1.165) is 82.5 Å². The number of ketones is 1. The van der Waals surface area contributed by atoms with Crippen LogP contribution in [0.4, 0.5) is 4.79 Å². The molecule has 5 N–H and O–H groups in total. The summed E-state index contributed by atoms with van der Waals surface area (Å²) in [5.41, 5.74) is 5.67. The summed E-state index contributed by atoms with van der Waals surface area (Å²) in [7, 11) is 0. The topological polar surface area (TPSA) is 151 Å². The molecule has 46 heavy (non-hydrogen) atoms. The predicted molar refractivity (Wildman–Crippen MR) is 172 cm³/mol. The normalized spacial score (nSPS) is 37.6. The summed E-state index contributed by atoms with van der Waals surface area (Å²) in [6, 6.07) is -2.71. The standard InChI is InChI=1S/C36H55N5O5/c1-20(2)26-11-12-41(29(26)32(44)38-27(30(42)31(37)43)14-21-7-6-8-21)33(45)28(23-9-4-3-5-10-23)39-34(46)40-35-16-22-13-24-15-25(18-35)36(24,17-22)19-35/h20-29H,3-19H2,1-2H3,(H2,37,43)(H,38,44)(H2,39,40,46)/t22?,24?,25?,26-,27?,28+,29+,35?,36?/m1/s1. The maximum atomic E-state index is 14.6. The molecule has 5 amide bonds. The zero-order valence-corrected chi connectivity index (χ0v) is 27.9. The fourth-order valence-corrected chi connectivity index (χ4v) is 11.8. The van der Waals surface area contributed by atoms with E-state index in [4.69, 9.17) is 5.73 Å². The van der Waals surface area contributed by atoms with Gasteiger partial charge in [-0.2, -0.15) is 0 Å². The molecular weight excluding hydrogens is 582 g/mol. The molecule has 9 atom stereocenters. The zero-order chi connectivity index (χ0) is 32.4. The number of fused-ring (bicyclic) bond motifs is 2. The molecule has 1 saturated heterocycles. The van der Waals surface area contributed by atoms with Gasteiger partial charge in [0.15, 0.2) is 0 Å². The van der Waals surface area contributed by atoms with Crippen molar-refractivity contribution in [3.8, 4) is 0 Å². The summed E-state index contributed by atoms with van der Waals surface area (Å²) < 4.78 is 0. The van der Waals surface area contributed by atoms with E-state index in [2.05, 4.69) is 29.8 Å². The highest BCUT2D eigenvalue weighted by Crippen LogP contribution is 2.76. The van der Waals surface area contributed by atoms with Crippen LogP contribution >= 0.6 is 0 Å². The Labute approximate surface area is 273 Å². The second-order valence-corrected chi connectivity index (χ2v) is 17.0. The Kier molecular flexibility index (Phi) is 8.40. The number of likely N-dealkylation sites (tertiary alicyclic amines) is 1. The number of carbonyl (C=O) groups is 5. The lowest BCUT2D eigenvalue weighted by atomic mass is 9.56. The molecule has 0 aromatic heterocycles. The Morgan fingerprint density at radius 2 is 1.63 bits per heavy atom. The minimum atomic E-state index is -1.05. The number of nitrogens with two attached hydrogens (primary N) is 1. The number of carbonyl (C=O) groups excluding carboxylic acids is 5. The average molecular weight is 638 g/mol. The second kappa shape index (κ2) is 12.1. The van der Waals surface area contributed by atoms with Gasteiger partial charge in [-0.15, -0.1) is 0 Å². The first-order valence-electron chi connectivity index (χ1n) is 18.5. The van der Waals surface area contributed by atoms with Crippen LogP contribution in [-0.4, -0.2) is 64.6 Å². The number of urea groups is 1. The van der Waals surface area contributed by atoms with Crippen LogP contribution in [0.3, 0.4) is 0 Å². The lowest BCUT2D eigenvalue weighted by Crippen LogP contribution is -2.61. The van der Waals surface area contributed by atoms with Gasteiger partial charge in [0.1, 0.15) is 12.1 Å². The minimum absolute atomic E-state index is 0.0133. The molecule has 0 aromatic rings. The number of hydrogen-bond donors (Lipinski definition) is 4. The van der Waals surface area contributed by atoms with Gasteiger partial charge in [0, 0.05) is 12.1 Å². The van der Waals surface area contributed by atoms with Crippen molar-refractivity contribution in [1.29, 1.82) is 0 Å². The van der Waals surface area contributed by atoms with Crippen molar-refractivity contribution in [2.75, 3.05) is 6.54 Å². The smallest absolute Gasteiger partial charge is 0.315 e. The van der Waals surface area contributed by atoms with Crippen LogP contribution in [0.1, 0.15) is 117 Å². The summed E-state index contributed by atoms with van der Waals surface area (Å²) in [6.45, 7) is 4.53. The van der Waals surface area contributed by atoms with Gasteiger partial charge >= 0.3 is 6.03 Å². The first kappa shape index (κ1) is 31.9. The fourth-order valence-electron chi connectivity index (χ4n) is 11.8. The van der Waals surface area contributed by atoms with E-state index in [1.54, 1.807) is 4.90 Å². The molecule has 6 aliphatic carbocycles. The number of amides is 5. The lowest BCUT2D eigenvalue weighted by Gasteiger charge is -2.49. The number of nitrogens with one attached hydrogen (secondary N) is 3. The van der Waals surface area contributed by atoms with Crippen LogP contribution in [-0.2, 0) is 19.2 Å². The lowest BCUT2D eigenvalue weighted by molar-refractivity contribution is -0.144. The van der Waals surface area contributed by atoms with Gasteiger partial charge in [-0.1, -0.05) is 52.4 Å². The molecule has 7 aliphatic rings. The van der Waals surface area contributed by atoms with Crippen LogP contribution in [0.25, 0.3) is 0 Å². The van der Waals surface area contributed by atoms with Crippen LogP contribution in [0.2, 0.25) is 0 Å². The highest BCUT2D eigenvalue weighted by atomic mass is 16.2. The van der Waals surface area contributed by atoms with Gasteiger partial charge in [-0.05, 0) is 111 Å². The van der Waals surface area contributed by atoms with Gasteiger partial charge in [0.2, 0.25) is 17.6 Å². The third-order valence-electron chi connectivity index (χ3n) is 14.0. The van der Waals surface area contributed by atoms with Crippen molar-refractivity contribution < 1.29 is 24.0 Å². The van der Waals surface area contributed by atoms with Crippen molar-refractivity contribution in [1.82, 2.24) is 20.9 Å². The van der Waals surface area contributed by atoms with Gasteiger partial charge in [-0.3, -0.25) is 19.2 Å². The minimum Gasteiger partial charge on any atom is -0.363 e. The van der Waals surface area contributed by atoms with Crippen molar-refractivity contribution in [2.24, 2.45) is 52.6 Å². The van der Waals surface area contributed by atoms with E-state index in [0.29, 0.717) is 30.7 Å². The highest BCUT2D eigenvalue weighted by Gasteiger charge is 2.71. The van der Waals surface area contributed by atoms with E-state index in [1.165, 1.54) is 19.3 Å². The number of nitrogens with zero attached hydrogens (tertiary/aromatic N) is 1. The van der Waals surface area contributed by atoms with E-state index in [-0.39, 0.29) is 41.1 Å². The van der Waals surface area contributed by atoms with E-state index < -0.39 is 35.7 Å². The maximum Gasteiger partial charge on any atom is 0.315 e. The van der Waals surface area contributed by atoms with Gasteiger partial charge in [0.25, 0.3) is 5.91 Å². The first-order valence-corrected chi connectivity index (χ1v) is 18.5. The number of rotatable bonds is 11. The third kappa shape index (κ3) is 5.53. The molecule has 6 saturated carbocycles.